The van der Waals surface area contributed by atoms with E-state index in [4.69, 9.17) is 24.7 Å². The lowest BCUT2D eigenvalue weighted by Crippen LogP contribution is -2.20. The first-order valence-corrected chi connectivity index (χ1v) is 9.37. The number of fused-ring (bicyclic) bond motifs is 2. The topological polar surface area (TPSA) is 66.2 Å². The molecule has 0 aliphatic carbocycles. The Hall–Kier alpha value is -2.44. The van der Waals surface area contributed by atoms with E-state index in [0.29, 0.717) is 0 Å². The minimum absolute atomic E-state index is 0.251. The summed E-state index contributed by atoms with van der Waals surface area (Å²) >= 11 is 0. The van der Waals surface area contributed by atoms with Gasteiger partial charge in [-0.2, -0.15) is 0 Å². The van der Waals surface area contributed by atoms with Crippen molar-refractivity contribution in [1.82, 2.24) is 4.90 Å². The zero-order valence-corrected chi connectivity index (χ0v) is 15.8. The molecule has 6 heteroatoms. The summed E-state index contributed by atoms with van der Waals surface area (Å²) in [5.41, 5.74) is 8.24. The molecular weight excluding hydrogens is 344 g/mol. The van der Waals surface area contributed by atoms with Crippen molar-refractivity contribution < 1.29 is 18.9 Å². The van der Waals surface area contributed by atoms with Gasteiger partial charge in [0.1, 0.15) is 0 Å². The third kappa shape index (κ3) is 3.82. The second kappa shape index (κ2) is 7.66. The van der Waals surface area contributed by atoms with Crippen LogP contribution >= 0.6 is 0 Å². The highest BCUT2D eigenvalue weighted by molar-refractivity contribution is 5.50. The van der Waals surface area contributed by atoms with Gasteiger partial charge < -0.3 is 29.6 Å². The van der Waals surface area contributed by atoms with Crippen LogP contribution < -0.4 is 24.7 Å². The number of nitrogens with zero attached hydrogens (tertiary/aromatic N) is 1. The molecule has 2 aromatic carbocycles. The molecule has 0 aromatic heterocycles. The van der Waals surface area contributed by atoms with Gasteiger partial charge in [-0.05, 0) is 68.8 Å². The normalized spacial score (nSPS) is 19.9. The van der Waals surface area contributed by atoms with Crippen molar-refractivity contribution in [1.29, 1.82) is 0 Å². The second-order valence-corrected chi connectivity index (χ2v) is 7.17. The molecule has 6 nitrogen and oxygen atoms in total. The van der Waals surface area contributed by atoms with Crippen molar-refractivity contribution in [2.45, 2.75) is 31.8 Å². The molecular formula is C21H26N2O4. The maximum Gasteiger partial charge on any atom is 0.231 e. The molecule has 2 aromatic rings. The third-order valence-corrected chi connectivity index (χ3v) is 5.40. The van der Waals surface area contributed by atoms with Gasteiger partial charge in [0.25, 0.3) is 0 Å². The third-order valence-electron chi connectivity index (χ3n) is 5.40. The smallest absolute Gasteiger partial charge is 0.231 e. The average Bonchev–Trinajstić information content (AvgIpc) is 3.42. The molecule has 1 fully saturated rings. The molecule has 5 rings (SSSR count). The van der Waals surface area contributed by atoms with Gasteiger partial charge in [-0.1, -0.05) is 12.1 Å². The Balaban J connectivity index is 0.000000218. The standard InChI is InChI=1S/C15H13NO4.C6H13N/c16-15(9-1-3-11-13(5-9)19-7-17-11)10-2-4-12-14(6-10)20-8-18-12;1-6-4-3-5-7(6)2/h1-6,15H,7-8,16H2;6H,3-5H2,1-2H3. The maximum absolute atomic E-state index is 6.31. The number of nitrogens with two attached hydrogens (primary N) is 1. The SMILES string of the molecule is CC1CCCN1C.NC(c1ccc2c(c1)OCO2)c1ccc2c(c1)OCO2. The van der Waals surface area contributed by atoms with Gasteiger partial charge in [-0.15, -0.1) is 0 Å². The molecule has 3 aliphatic rings. The summed E-state index contributed by atoms with van der Waals surface area (Å²) in [6, 6.07) is 12.1. The van der Waals surface area contributed by atoms with Gasteiger partial charge in [0.2, 0.25) is 13.6 Å². The summed E-state index contributed by atoms with van der Waals surface area (Å²) in [6.45, 7) is 4.12. The molecule has 27 heavy (non-hydrogen) atoms. The Morgan fingerprint density at radius 1 is 0.889 bits per heavy atom. The van der Waals surface area contributed by atoms with Crippen LogP contribution in [0.5, 0.6) is 23.0 Å². The Morgan fingerprint density at radius 3 is 1.81 bits per heavy atom. The van der Waals surface area contributed by atoms with Crippen LogP contribution in [-0.4, -0.2) is 38.1 Å². The van der Waals surface area contributed by atoms with E-state index in [1.54, 1.807) is 0 Å². The van der Waals surface area contributed by atoms with Gasteiger partial charge in [-0.25, -0.2) is 0 Å². The fourth-order valence-corrected chi connectivity index (χ4v) is 3.48. The van der Waals surface area contributed by atoms with Crippen LogP contribution in [0.25, 0.3) is 0 Å². The van der Waals surface area contributed by atoms with Crippen LogP contribution in [0.2, 0.25) is 0 Å². The van der Waals surface area contributed by atoms with Gasteiger partial charge in [0.15, 0.2) is 23.0 Å². The molecule has 144 valence electrons. The number of likely N-dealkylation sites (tertiary alicyclic amines) is 1. The average molecular weight is 370 g/mol. The lowest BCUT2D eigenvalue weighted by atomic mass is 9.99. The fourth-order valence-electron chi connectivity index (χ4n) is 3.48. The second-order valence-electron chi connectivity index (χ2n) is 7.17. The predicted octanol–water partition coefficient (Wildman–Crippen LogP) is 3.29. The van der Waals surface area contributed by atoms with Gasteiger partial charge in [0.05, 0.1) is 6.04 Å². The van der Waals surface area contributed by atoms with Gasteiger partial charge in [0, 0.05) is 6.04 Å². The minimum atomic E-state index is -0.251. The van der Waals surface area contributed by atoms with Crippen molar-refractivity contribution in [3.63, 3.8) is 0 Å². The lowest BCUT2D eigenvalue weighted by molar-refractivity contribution is 0.173. The summed E-state index contributed by atoms with van der Waals surface area (Å²) < 4.78 is 21.4. The fraction of sp³-hybridized carbons (Fsp3) is 0.429. The van der Waals surface area contributed by atoms with Crippen LogP contribution in [0.15, 0.2) is 36.4 Å². The molecule has 3 heterocycles. The summed E-state index contributed by atoms with van der Waals surface area (Å²) in [6.07, 6.45) is 2.80. The van der Waals surface area contributed by atoms with E-state index < -0.39 is 0 Å². The van der Waals surface area contributed by atoms with Crippen molar-refractivity contribution in [3.8, 4) is 23.0 Å². The largest absolute Gasteiger partial charge is 0.454 e. The van der Waals surface area contributed by atoms with E-state index in [0.717, 1.165) is 40.2 Å². The highest BCUT2D eigenvalue weighted by atomic mass is 16.7. The van der Waals surface area contributed by atoms with Crippen molar-refractivity contribution in [3.05, 3.63) is 47.5 Å². The number of hydrogen-bond donors (Lipinski definition) is 1. The molecule has 0 saturated carbocycles. The Kier molecular flexibility index (Phi) is 5.09. The zero-order valence-electron chi connectivity index (χ0n) is 15.8. The molecule has 3 aliphatic heterocycles. The quantitative estimate of drug-likeness (QED) is 0.875. The molecule has 0 spiro atoms. The Morgan fingerprint density at radius 2 is 1.41 bits per heavy atom. The van der Waals surface area contributed by atoms with E-state index >= 15 is 0 Å². The highest BCUT2D eigenvalue weighted by Gasteiger charge is 2.20. The van der Waals surface area contributed by atoms with Gasteiger partial charge >= 0.3 is 0 Å². The number of ether oxygens (including phenoxy) is 4. The van der Waals surface area contributed by atoms with Crippen LogP contribution in [0.1, 0.15) is 36.9 Å². The molecule has 0 amide bonds. The monoisotopic (exact) mass is 370 g/mol. The van der Waals surface area contributed by atoms with Crippen LogP contribution in [0.4, 0.5) is 0 Å². The van der Waals surface area contributed by atoms with Gasteiger partial charge in [-0.3, -0.25) is 0 Å². The van der Waals surface area contributed by atoms with E-state index in [9.17, 15) is 0 Å². The van der Waals surface area contributed by atoms with Crippen LogP contribution in [0, 0.1) is 0 Å². The van der Waals surface area contributed by atoms with Crippen LogP contribution in [0.3, 0.4) is 0 Å². The van der Waals surface area contributed by atoms with Crippen molar-refractivity contribution >= 4 is 0 Å². The van der Waals surface area contributed by atoms with Crippen molar-refractivity contribution in [2.24, 2.45) is 5.73 Å². The zero-order chi connectivity index (χ0) is 18.8. The van der Waals surface area contributed by atoms with E-state index in [1.165, 1.54) is 19.4 Å². The summed E-state index contributed by atoms with van der Waals surface area (Å²) in [7, 11) is 2.19. The predicted molar refractivity (Wildman–Crippen MR) is 102 cm³/mol. The van der Waals surface area contributed by atoms with Crippen molar-refractivity contribution in [2.75, 3.05) is 27.2 Å². The number of rotatable bonds is 2. The Labute approximate surface area is 159 Å². The first kappa shape index (κ1) is 17.9. The summed E-state index contributed by atoms with van der Waals surface area (Å²) in [5, 5.41) is 0. The first-order chi connectivity index (χ1) is 13.1. The molecule has 1 unspecified atom stereocenters. The van der Waals surface area contributed by atoms with E-state index in [2.05, 4.69) is 18.9 Å². The number of hydrogen-bond acceptors (Lipinski definition) is 6. The summed E-state index contributed by atoms with van der Waals surface area (Å²) in [4.78, 5) is 2.40. The minimum Gasteiger partial charge on any atom is -0.454 e. The molecule has 1 atom stereocenters. The summed E-state index contributed by atoms with van der Waals surface area (Å²) in [5.74, 6) is 2.98. The lowest BCUT2D eigenvalue weighted by Gasteiger charge is -2.13. The first-order valence-electron chi connectivity index (χ1n) is 9.37. The van der Waals surface area contributed by atoms with E-state index in [-0.39, 0.29) is 19.6 Å². The maximum atomic E-state index is 6.31. The molecule has 1 saturated heterocycles. The Bertz CT molecular complexity index is 745. The highest BCUT2D eigenvalue weighted by Crippen LogP contribution is 2.38. The molecule has 0 radical (unpaired) electrons. The number of benzene rings is 2. The molecule has 0 bridgehead atoms. The molecule has 2 N–H and O–H groups in total. The van der Waals surface area contributed by atoms with Crippen LogP contribution in [-0.2, 0) is 0 Å². The van der Waals surface area contributed by atoms with E-state index in [1.807, 2.05) is 36.4 Å².